The predicted molar refractivity (Wildman–Crippen MR) is 217 cm³/mol. The molecule has 1 radical (unpaired) electrons. The Hall–Kier alpha value is -3.62. The minimum absolute atomic E-state index is 0. The molecular weight excluding hydrogens is 837 g/mol. The average molecular weight is 892 g/mol. The van der Waals surface area contributed by atoms with Gasteiger partial charge in [-0.25, -0.2) is 0 Å². The fourth-order valence-corrected chi connectivity index (χ4v) is 7.75. The summed E-state index contributed by atoms with van der Waals surface area (Å²) in [6.07, 6.45) is 7.65. The number of ketones is 1. The van der Waals surface area contributed by atoms with Crippen LogP contribution >= 0.6 is 11.3 Å². The van der Waals surface area contributed by atoms with Gasteiger partial charge in [0.2, 0.25) is 0 Å². The number of aromatic nitrogens is 1. The van der Waals surface area contributed by atoms with E-state index in [0.29, 0.717) is 5.56 Å². The van der Waals surface area contributed by atoms with Gasteiger partial charge in [0.25, 0.3) is 0 Å². The van der Waals surface area contributed by atoms with E-state index in [4.69, 9.17) is 4.98 Å². The summed E-state index contributed by atoms with van der Waals surface area (Å²) in [6, 6.07) is 27.6. The van der Waals surface area contributed by atoms with E-state index in [1.165, 1.54) is 32.7 Å². The summed E-state index contributed by atoms with van der Waals surface area (Å²) >= 11 is 1.74. The Labute approximate surface area is 329 Å². The second-order valence-corrected chi connectivity index (χ2v) is 16.9. The normalized spacial score (nSPS) is 12.1. The number of allylic oxidation sites excluding steroid dienone is 2. The van der Waals surface area contributed by atoms with Gasteiger partial charge in [-0.1, -0.05) is 117 Å². The summed E-state index contributed by atoms with van der Waals surface area (Å²) in [7, 11) is 0. The van der Waals surface area contributed by atoms with Gasteiger partial charge >= 0.3 is 0 Å². The van der Waals surface area contributed by atoms with E-state index < -0.39 is 0 Å². The number of pyridine rings is 1. The molecule has 0 fully saturated rings. The van der Waals surface area contributed by atoms with Crippen molar-refractivity contribution in [2.24, 2.45) is 17.3 Å². The van der Waals surface area contributed by atoms with Gasteiger partial charge in [-0.2, -0.15) is 5.26 Å². The second-order valence-electron chi connectivity index (χ2n) is 15.8. The van der Waals surface area contributed by atoms with Gasteiger partial charge in [0.05, 0.1) is 11.3 Å². The Morgan fingerprint density at radius 2 is 1.58 bits per heavy atom. The summed E-state index contributed by atoms with van der Waals surface area (Å²) in [4.78, 5) is 17.5. The molecule has 0 aliphatic heterocycles. The van der Waals surface area contributed by atoms with Crippen molar-refractivity contribution in [3.05, 3.63) is 101 Å². The second kappa shape index (κ2) is 18.4. The van der Waals surface area contributed by atoms with E-state index in [1.54, 1.807) is 17.5 Å². The molecule has 0 unspecified atom stereocenters. The fraction of sp³-hybridized carbons (Fsp3) is 0.413. The van der Waals surface area contributed by atoms with Crippen molar-refractivity contribution in [3.63, 3.8) is 0 Å². The number of nitriles is 1. The zero-order valence-electron chi connectivity index (χ0n) is 32.6. The summed E-state index contributed by atoms with van der Waals surface area (Å²) < 4.78 is 1.25. The van der Waals surface area contributed by atoms with Gasteiger partial charge in [-0.05, 0) is 66.0 Å². The average Bonchev–Trinajstić information content (AvgIpc) is 3.51. The first-order valence-electron chi connectivity index (χ1n) is 18.5. The number of rotatable bonds is 10. The monoisotopic (exact) mass is 892 g/mol. The van der Waals surface area contributed by atoms with E-state index in [9.17, 15) is 15.2 Å². The Balaban J connectivity index is 0.000000389. The quantitative estimate of drug-likeness (QED) is 0.0861. The molecule has 4 nitrogen and oxygen atoms in total. The number of benzene rings is 3. The number of thiophene rings is 1. The van der Waals surface area contributed by atoms with Gasteiger partial charge < -0.3 is 5.11 Å². The Kier molecular flexibility index (Phi) is 15.2. The van der Waals surface area contributed by atoms with Crippen molar-refractivity contribution >= 4 is 38.0 Å². The van der Waals surface area contributed by atoms with Crippen LogP contribution in [0.25, 0.3) is 42.6 Å². The smallest absolute Gasteiger partial charge is 0.162 e. The molecule has 277 valence electrons. The van der Waals surface area contributed by atoms with Gasteiger partial charge in [0, 0.05) is 65.0 Å². The minimum Gasteiger partial charge on any atom is -0.512 e. The Morgan fingerprint density at radius 3 is 2.17 bits per heavy atom. The van der Waals surface area contributed by atoms with Crippen LogP contribution in [0.1, 0.15) is 112 Å². The first kappa shape index (κ1) is 42.8. The molecular formula is C46H55IrN2O2S-. The molecule has 0 saturated heterocycles. The molecule has 0 aliphatic carbocycles. The van der Waals surface area contributed by atoms with Gasteiger partial charge in [0.15, 0.2) is 5.78 Å². The van der Waals surface area contributed by atoms with Crippen molar-refractivity contribution in [2.75, 3.05) is 0 Å². The molecule has 0 spiro atoms. The van der Waals surface area contributed by atoms with Crippen molar-refractivity contribution < 1.29 is 30.0 Å². The maximum atomic E-state index is 11.7. The molecule has 6 heteroatoms. The van der Waals surface area contributed by atoms with Crippen LogP contribution in [0.4, 0.5) is 0 Å². The van der Waals surface area contributed by atoms with Gasteiger partial charge in [-0.3, -0.25) is 9.78 Å². The standard InChI is InChI=1S/C33H31N2S.C13H24O2.Ir/c1-32(2,3)18-21-11-12-23-16-31(36-30(23)13-21)27-17-29(35-20-25(27)19-34)24-14-22-9-7-8-10-26(22)28(15-24)33(4,5)6;1-5-10(6-2)12(14)9-13(15)11(7-3)8-4;/h7-13,15-17,20H,18H2,1-6H3;9-11,14H,5-8H2,1-4H3;/q-1;;/b;12-9-;. The number of carbonyl (C=O) groups is 1. The summed E-state index contributed by atoms with van der Waals surface area (Å²) in [5.41, 5.74) is 6.16. The third kappa shape index (κ3) is 10.7. The third-order valence-corrected chi connectivity index (χ3v) is 10.7. The SMILES string of the molecule is CC(C)(C)Cc1ccc2cc(-c3cc(-c4[c-]c5ccccc5c(C(C)(C)C)c4)ncc3C#N)sc2c1.CCC(CC)C(=O)/C=C(\O)C(CC)CC.[Ir]. The maximum Gasteiger partial charge on any atom is 0.162 e. The molecule has 52 heavy (non-hydrogen) atoms. The molecule has 2 heterocycles. The van der Waals surface area contributed by atoms with Gasteiger partial charge in [0.1, 0.15) is 6.07 Å². The number of aliphatic hydroxyl groups is 1. The van der Waals surface area contributed by atoms with Crippen LogP contribution in [0, 0.1) is 34.6 Å². The van der Waals surface area contributed by atoms with Crippen molar-refractivity contribution in [1.82, 2.24) is 4.98 Å². The van der Waals surface area contributed by atoms with Crippen LogP contribution in [-0.2, 0) is 36.7 Å². The Bertz CT molecular complexity index is 2050. The third-order valence-electron chi connectivity index (χ3n) is 9.55. The molecule has 3 aromatic carbocycles. The maximum absolute atomic E-state index is 11.7. The van der Waals surface area contributed by atoms with E-state index in [-0.39, 0.29) is 54.3 Å². The molecule has 1 N–H and O–H groups in total. The number of hydrogen-bond donors (Lipinski definition) is 1. The zero-order chi connectivity index (χ0) is 37.5. The predicted octanol–water partition coefficient (Wildman–Crippen LogP) is 13.2. The van der Waals surface area contributed by atoms with Crippen molar-refractivity contribution in [3.8, 4) is 27.8 Å². The molecule has 2 aromatic heterocycles. The van der Waals surface area contributed by atoms with Gasteiger partial charge in [-0.15, -0.1) is 40.5 Å². The molecule has 0 bridgehead atoms. The topological polar surface area (TPSA) is 74.0 Å². The molecule has 0 saturated carbocycles. The van der Waals surface area contributed by atoms with E-state index >= 15 is 0 Å². The first-order valence-corrected chi connectivity index (χ1v) is 19.3. The summed E-state index contributed by atoms with van der Waals surface area (Å²) in [5, 5.41) is 23.2. The fourth-order valence-electron chi connectivity index (χ4n) is 6.59. The number of fused-ring (bicyclic) bond motifs is 2. The Morgan fingerprint density at radius 1 is 0.923 bits per heavy atom. The van der Waals surface area contributed by atoms with Crippen LogP contribution in [0.15, 0.2) is 78.7 Å². The number of aliphatic hydroxyl groups excluding tert-OH is 1. The molecule has 0 aliphatic rings. The van der Waals surface area contributed by atoms with Crippen molar-refractivity contribution in [1.29, 1.82) is 5.26 Å². The van der Waals surface area contributed by atoms with Crippen molar-refractivity contribution in [2.45, 2.75) is 107 Å². The summed E-state index contributed by atoms with van der Waals surface area (Å²) in [6.45, 7) is 21.6. The number of hydrogen-bond acceptors (Lipinski definition) is 5. The minimum atomic E-state index is -0.0187. The van der Waals surface area contributed by atoms with E-state index in [0.717, 1.165) is 59.2 Å². The number of nitrogens with zero attached hydrogens (tertiary/aromatic N) is 2. The van der Waals surface area contributed by atoms with Crippen LogP contribution in [0.3, 0.4) is 0 Å². The van der Waals surface area contributed by atoms with Crippen LogP contribution in [0.2, 0.25) is 0 Å². The molecule has 5 aromatic rings. The largest absolute Gasteiger partial charge is 0.512 e. The van der Waals surface area contributed by atoms with Crippen LogP contribution in [-0.4, -0.2) is 15.9 Å². The molecule has 0 amide bonds. The molecule has 0 atom stereocenters. The number of carbonyl (C=O) groups excluding carboxylic acids is 1. The molecule has 5 rings (SSSR count). The first-order chi connectivity index (χ1) is 24.1. The van der Waals surface area contributed by atoms with Crippen LogP contribution in [0.5, 0.6) is 0 Å². The summed E-state index contributed by atoms with van der Waals surface area (Å²) in [5.74, 6) is 0.547. The zero-order valence-corrected chi connectivity index (χ0v) is 35.8. The van der Waals surface area contributed by atoms with Crippen LogP contribution < -0.4 is 0 Å². The van der Waals surface area contributed by atoms with E-state index in [2.05, 4.69) is 114 Å². The van der Waals surface area contributed by atoms with E-state index in [1.807, 2.05) is 27.7 Å².